The Bertz CT molecular complexity index is 818. The lowest BCUT2D eigenvalue weighted by atomic mass is 9.92. The van der Waals surface area contributed by atoms with Crippen LogP contribution in [0.25, 0.3) is 17.3 Å². The summed E-state index contributed by atoms with van der Waals surface area (Å²) in [6.07, 6.45) is 1.61. The average Bonchev–Trinajstić information content (AvgIpc) is 3.21. The minimum Gasteiger partial charge on any atom is -0.461 e. The second kappa shape index (κ2) is 6.65. The summed E-state index contributed by atoms with van der Waals surface area (Å²) < 4.78 is 7.39. The second-order valence-electron chi connectivity index (χ2n) is 6.42. The predicted molar refractivity (Wildman–Crippen MR) is 94.2 cm³/mol. The Balaban J connectivity index is 1.97. The summed E-state index contributed by atoms with van der Waals surface area (Å²) >= 11 is 1.39. The monoisotopic (exact) mass is 341 g/mol. The zero-order valence-electron chi connectivity index (χ0n) is 13.9. The third-order valence-electron chi connectivity index (χ3n) is 3.56. The lowest BCUT2D eigenvalue weighted by Crippen LogP contribution is -2.22. The maximum absolute atomic E-state index is 12.2. The van der Waals surface area contributed by atoms with Gasteiger partial charge in [0, 0.05) is 11.1 Å². The molecule has 0 aliphatic heterocycles. The molecule has 124 valence electrons. The smallest absolute Gasteiger partial charge is 0.205 e. The number of Topliss-reactive ketones (excluding diaryl/α,β-unsaturated/α-hetero) is 1. The highest BCUT2D eigenvalue weighted by Crippen LogP contribution is 2.29. The van der Waals surface area contributed by atoms with Crippen molar-refractivity contribution in [3.05, 3.63) is 48.7 Å². The van der Waals surface area contributed by atoms with E-state index >= 15 is 0 Å². The number of carbonyl (C=O) groups excluding carboxylic acids is 1. The van der Waals surface area contributed by atoms with Gasteiger partial charge in [0.15, 0.2) is 10.9 Å². The number of carbonyl (C=O) groups is 1. The standard InChI is InChI=1S/C18H19N3O2S/c1-18(2,3)15(22)12-24-17-20-19-16(14-10-7-11-23-14)21(17)13-8-5-4-6-9-13/h4-11H,12H2,1-3H3. The van der Waals surface area contributed by atoms with Crippen molar-refractivity contribution in [1.82, 2.24) is 14.8 Å². The number of aromatic nitrogens is 3. The summed E-state index contributed by atoms with van der Waals surface area (Å²) in [4.78, 5) is 12.2. The first-order valence-electron chi connectivity index (χ1n) is 7.67. The van der Waals surface area contributed by atoms with Gasteiger partial charge < -0.3 is 4.42 Å². The normalized spacial score (nSPS) is 11.6. The van der Waals surface area contributed by atoms with E-state index in [-0.39, 0.29) is 11.2 Å². The molecule has 3 rings (SSSR count). The zero-order valence-corrected chi connectivity index (χ0v) is 14.7. The number of hydrogen-bond donors (Lipinski definition) is 0. The van der Waals surface area contributed by atoms with Crippen molar-refractivity contribution in [2.75, 3.05) is 5.75 Å². The maximum atomic E-state index is 12.2. The Morgan fingerprint density at radius 1 is 1.12 bits per heavy atom. The molecule has 0 saturated carbocycles. The topological polar surface area (TPSA) is 60.9 Å². The van der Waals surface area contributed by atoms with Crippen LogP contribution >= 0.6 is 11.8 Å². The van der Waals surface area contributed by atoms with Gasteiger partial charge >= 0.3 is 0 Å². The summed E-state index contributed by atoms with van der Waals surface area (Å²) in [5.41, 5.74) is 0.564. The molecule has 2 aromatic heterocycles. The second-order valence-corrected chi connectivity index (χ2v) is 7.36. The number of para-hydroxylation sites is 1. The Kier molecular flexibility index (Phi) is 4.57. The highest BCUT2D eigenvalue weighted by Gasteiger charge is 2.23. The molecule has 0 unspecified atom stereocenters. The first-order valence-corrected chi connectivity index (χ1v) is 8.66. The molecule has 0 fully saturated rings. The van der Waals surface area contributed by atoms with Crippen LogP contribution in [-0.4, -0.2) is 26.3 Å². The highest BCUT2D eigenvalue weighted by atomic mass is 32.2. The molecule has 0 saturated heterocycles. The van der Waals surface area contributed by atoms with Crippen LogP contribution in [0.5, 0.6) is 0 Å². The van der Waals surface area contributed by atoms with Gasteiger partial charge in [-0.25, -0.2) is 0 Å². The first kappa shape index (κ1) is 16.5. The summed E-state index contributed by atoms with van der Waals surface area (Å²) in [6.45, 7) is 5.77. The van der Waals surface area contributed by atoms with E-state index in [1.807, 2.05) is 67.8 Å². The SMILES string of the molecule is CC(C)(C)C(=O)CSc1nnc(-c2ccco2)n1-c1ccccc1. The Morgan fingerprint density at radius 3 is 2.50 bits per heavy atom. The molecule has 1 aromatic carbocycles. The predicted octanol–water partition coefficient (Wildman–Crippen LogP) is 4.23. The minimum absolute atomic E-state index is 0.176. The third kappa shape index (κ3) is 3.43. The fourth-order valence-electron chi connectivity index (χ4n) is 2.09. The molecule has 2 heterocycles. The van der Waals surface area contributed by atoms with E-state index < -0.39 is 0 Å². The molecular weight excluding hydrogens is 322 g/mol. The quantitative estimate of drug-likeness (QED) is 0.650. The Labute approximate surface area is 145 Å². The van der Waals surface area contributed by atoms with Crippen molar-refractivity contribution >= 4 is 17.5 Å². The van der Waals surface area contributed by atoms with Gasteiger partial charge in [0.2, 0.25) is 5.82 Å². The van der Waals surface area contributed by atoms with Gasteiger partial charge in [0.05, 0.1) is 12.0 Å². The van der Waals surface area contributed by atoms with E-state index in [0.717, 1.165) is 5.69 Å². The molecule has 6 heteroatoms. The van der Waals surface area contributed by atoms with Gasteiger partial charge in [-0.05, 0) is 24.3 Å². The minimum atomic E-state index is -0.367. The molecule has 0 N–H and O–H groups in total. The van der Waals surface area contributed by atoms with Crippen LogP contribution < -0.4 is 0 Å². The van der Waals surface area contributed by atoms with Crippen LogP contribution in [0.15, 0.2) is 58.3 Å². The number of furan rings is 1. The zero-order chi connectivity index (χ0) is 17.2. The summed E-state index contributed by atoms with van der Waals surface area (Å²) in [7, 11) is 0. The van der Waals surface area contributed by atoms with Crippen LogP contribution in [0.1, 0.15) is 20.8 Å². The van der Waals surface area contributed by atoms with E-state index in [4.69, 9.17) is 4.42 Å². The molecular formula is C18H19N3O2S. The van der Waals surface area contributed by atoms with Crippen LogP contribution in [0.3, 0.4) is 0 Å². The van der Waals surface area contributed by atoms with Gasteiger partial charge in [0.1, 0.15) is 5.78 Å². The average molecular weight is 341 g/mol. The number of ketones is 1. The van der Waals surface area contributed by atoms with E-state index in [9.17, 15) is 4.79 Å². The molecule has 24 heavy (non-hydrogen) atoms. The molecule has 0 radical (unpaired) electrons. The van der Waals surface area contributed by atoms with Crippen molar-refractivity contribution in [2.24, 2.45) is 5.41 Å². The molecule has 0 atom stereocenters. The fourth-order valence-corrected chi connectivity index (χ4v) is 3.20. The van der Waals surface area contributed by atoms with Gasteiger partial charge in [-0.1, -0.05) is 50.7 Å². The molecule has 0 spiro atoms. The Hall–Kier alpha value is -2.34. The molecule has 5 nitrogen and oxygen atoms in total. The largest absolute Gasteiger partial charge is 0.461 e. The summed E-state index contributed by atoms with van der Waals surface area (Å²) in [5, 5.41) is 9.20. The number of nitrogens with zero attached hydrogens (tertiary/aromatic N) is 3. The Morgan fingerprint density at radius 2 is 1.88 bits per heavy atom. The van der Waals surface area contributed by atoms with Crippen LogP contribution in [0.4, 0.5) is 0 Å². The molecule has 0 amide bonds. The van der Waals surface area contributed by atoms with Crippen molar-refractivity contribution in [1.29, 1.82) is 0 Å². The van der Waals surface area contributed by atoms with E-state index in [1.165, 1.54) is 11.8 Å². The van der Waals surface area contributed by atoms with Crippen molar-refractivity contribution < 1.29 is 9.21 Å². The van der Waals surface area contributed by atoms with Gasteiger partial charge in [-0.15, -0.1) is 10.2 Å². The lowest BCUT2D eigenvalue weighted by molar-refractivity contribution is -0.123. The highest BCUT2D eigenvalue weighted by molar-refractivity contribution is 7.99. The third-order valence-corrected chi connectivity index (χ3v) is 4.49. The van der Waals surface area contributed by atoms with Crippen LogP contribution in [0, 0.1) is 5.41 Å². The van der Waals surface area contributed by atoms with E-state index in [2.05, 4.69) is 10.2 Å². The first-order chi connectivity index (χ1) is 11.5. The molecule has 0 bridgehead atoms. The number of thioether (sulfide) groups is 1. The molecule has 0 aliphatic carbocycles. The lowest BCUT2D eigenvalue weighted by Gasteiger charge is -2.16. The van der Waals surface area contributed by atoms with Gasteiger partial charge in [0.25, 0.3) is 0 Å². The van der Waals surface area contributed by atoms with E-state index in [0.29, 0.717) is 22.5 Å². The van der Waals surface area contributed by atoms with Gasteiger partial charge in [-0.2, -0.15) is 0 Å². The maximum Gasteiger partial charge on any atom is 0.205 e. The molecule has 3 aromatic rings. The number of benzene rings is 1. The number of hydrogen-bond acceptors (Lipinski definition) is 5. The summed E-state index contributed by atoms with van der Waals surface area (Å²) in [6, 6.07) is 13.5. The van der Waals surface area contributed by atoms with Crippen LogP contribution in [-0.2, 0) is 4.79 Å². The fraction of sp³-hybridized carbons (Fsp3) is 0.278. The number of rotatable bonds is 5. The van der Waals surface area contributed by atoms with Crippen molar-refractivity contribution in [2.45, 2.75) is 25.9 Å². The molecule has 0 aliphatic rings. The van der Waals surface area contributed by atoms with Crippen LogP contribution in [0.2, 0.25) is 0 Å². The van der Waals surface area contributed by atoms with Crippen molar-refractivity contribution in [3.8, 4) is 17.3 Å². The van der Waals surface area contributed by atoms with Crippen molar-refractivity contribution in [3.63, 3.8) is 0 Å². The van der Waals surface area contributed by atoms with Gasteiger partial charge in [-0.3, -0.25) is 9.36 Å². The summed E-state index contributed by atoms with van der Waals surface area (Å²) in [5.74, 6) is 1.79. The van der Waals surface area contributed by atoms with E-state index in [1.54, 1.807) is 6.26 Å².